The zero-order valence-corrected chi connectivity index (χ0v) is 9.03. The summed E-state index contributed by atoms with van der Waals surface area (Å²) in [6, 6.07) is 2.83. The number of aryl methyl sites for hydroxylation is 1. The lowest BCUT2D eigenvalue weighted by molar-refractivity contribution is 0.557. The average Bonchev–Trinajstić information content (AvgIpc) is 2.77. The molecule has 2 heteroatoms. The van der Waals surface area contributed by atoms with Gasteiger partial charge in [-0.25, -0.2) is 0 Å². The zero-order chi connectivity index (χ0) is 10.3. The van der Waals surface area contributed by atoms with Gasteiger partial charge in [-0.05, 0) is 55.0 Å². The van der Waals surface area contributed by atoms with Crippen LogP contribution in [-0.4, -0.2) is 17.6 Å². The van der Waals surface area contributed by atoms with Gasteiger partial charge in [0, 0.05) is 18.4 Å². The van der Waals surface area contributed by atoms with E-state index in [2.05, 4.69) is 29.4 Å². The van der Waals surface area contributed by atoms with Crippen molar-refractivity contribution in [2.24, 2.45) is 5.92 Å². The van der Waals surface area contributed by atoms with E-state index in [4.69, 9.17) is 0 Å². The number of nitrogens with zero attached hydrogens (tertiary/aromatic N) is 1. The molecule has 0 radical (unpaired) electrons. The highest BCUT2D eigenvalue weighted by molar-refractivity contribution is 5.72. The van der Waals surface area contributed by atoms with Crippen LogP contribution in [0.1, 0.15) is 24.0 Å². The minimum atomic E-state index is 0.591. The molecule has 15 heavy (non-hydrogen) atoms. The van der Waals surface area contributed by atoms with E-state index in [1.807, 2.05) is 12.4 Å². The topological polar surface area (TPSA) is 24.9 Å². The third-order valence-electron chi connectivity index (χ3n) is 3.53. The Kier molecular flexibility index (Phi) is 2.10. The molecule has 2 unspecified atom stereocenters. The summed E-state index contributed by atoms with van der Waals surface area (Å²) in [5.41, 5.74) is 4.01. The van der Waals surface area contributed by atoms with Crippen LogP contribution in [0.25, 0.3) is 5.57 Å². The van der Waals surface area contributed by atoms with Crippen molar-refractivity contribution in [2.75, 3.05) is 6.54 Å². The van der Waals surface area contributed by atoms with Gasteiger partial charge in [-0.2, -0.15) is 0 Å². The van der Waals surface area contributed by atoms with Crippen LogP contribution in [0.15, 0.2) is 24.5 Å². The molecule has 1 aromatic heterocycles. The molecule has 2 nitrogen and oxygen atoms in total. The van der Waals surface area contributed by atoms with E-state index < -0.39 is 0 Å². The van der Waals surface area contributed by atoms with E-state index >= 15 is 0 Å². The Bertz CT molecular complexity index is 409. The summed E-state index contributed by atoms with van der Waals surface area (Å²) < 4.78 is 0. The van der Waals surface area contributed by atoms with Gasteiger partial charge in [-0.15, -0.1) is 0 Å². The molecule has 0 bridgehead atoms. The van der Waals surface area contributed by atoms with Crippen LogP contribution in [-0.2, 0) is 0 Å². The third kappa shape index (κ3) is 1.49. The fraction of sp³-hybridized carbons (Fsp3) is 0.462. The Balaban J connectivity index is 1.94. The molecule has 0 aromatic carbocycles. The average molecular weight is 200 g/mol. The van der Waals surface area contributed by atoms with E-state index in [9.17, 15) is 0 Å². The molecule has 1 saturated heterocycles. The van der Waals surface area contributed by atoms with Crippen molar-refractivity contribution in [2.45, 2.75) is 25.8 Å². The van der Waals surface area contributed by atoms with Crippen LogP contribution >= 0.6 is 0 Å². The van der Waals surface area contributed by atoms with Gasteiger partial charge >= 0.3 is 0 Å². The minimum absolute atomic E-state index is 0.591. The molecule has 2 aliphatic rings. The Morgan fingerprint density at radius 1 is 1.40 bits per heavy atom. The number of fused-ring (bicyclic) bond motifs is 1. The van der Waals surface area contributed by atoms with Gasteiger partial charge < -0.3 is 5.32 Å². The summed E-state index contributed by atoms with van der Waals surface area (Å²) in [4.78, 5) is 4.27. The maximum absolute atomic E-state index is 4.27. The Labute approximate surface area is 90.4 Å². The van der Waals surface area contributed by atoms with Crippen molar-refractivity contribution in [3.63, 3.8) is 0 Å². The molecule has 1 aliphatic carbocycles. The van der Waals surface area contributed by atoms with E-state index in [-0.39, 0.29) is 0 Å². The number of allylic oxidation sites excluding steroid dienone is 1. The highest BCUT2D eigenvalue weighted by atomic mass is 15.0. The predicted octanol–water partition coefficient (Wildman–Crippen LogP) is 2.16. The predicted molar refractivity (Wildman–Crippen MR) is 61.5 cm³/mol. The van der Waals surface area contributed by atoms with Crippen molar-refractivity contribution >= 4 is 5.57 Å². The van der Waals surface area contributed by atoms with Crippen molar-refractivity contribution in [3.8, 4) is 0 Å². The lowest BCUT2D eigenvalue weighted by Crippen LogP contribution is -2.24. The lowest BCUT2D eigenvalue weighted by atomic mass is 9.97. The fourth-order valence-electron chi connectivity index (χ4n) is 2.79. The molecule has 0 saturated carbocycles. The number of aromatic nitrogens is 1. The highest BCUT2D eigenvalue weighted by Crippen LogP contribution is 2.37. The van der Waals surface area contributed by atoms with Gasteiger partial charge in [0.25, 0.3) is 0 Å². The van der Waals surface area contributed by atoms with Crippen LogP contribution < -0.4 is 5.32 Å². The second-order valence-electron chi connectivity index (χ2n) is 4.63. The molecule has 3 rings (SSSR count). The van der Waals surface area contributed by atoms with Gasteiger partial charge in [0.1, 0.15) is 0 Å². The Hall–Kier alpha value is -1.15. The maximum Gasteiger partial charge on any atom is 0.0355 e. The number of pyridine rings is 1. The smallest absolute Gasteiger partial charge is 0.0355 e. The Morgan fingerprint density at radius 3 is 3.20 bits per heavy atom. The first kappa shape index (κ1) is 9.10. The summed E-state index contributed by atoms with van der Waals surface area (Å²) in [6.45, 7) is 3.28. The number of rotatable bonds is 1. The number of nitrogens with one attached hydrogen (secondary N) is 1. The maximum atomic E-state index is 4.27. The van der Waals surface area contributed by atoms with Crippen molar-refractivity contribution in [1.82, 2.24) is 10.3 Å². The molecule has 0 amide bonds. The number of hydrogen-bond acceptors (Lipinski definition) is 2. The first-order valence-electron chi connectivity index (χ1n) is 5.70. The largest absolute Gasteiger partial charge is 0.310 e. The van der Waals surface area contributed by atoms with Crippen molar-refractivity contribution in [3.05, 3.63) is 35.7 Å². The molecule has 0 spiro atoms. The summed E-state index contributed by atoms with van der Waals surface area (Å²) in [6.07, 6.45) is 8.85. The molecular weight excluding hydrogens is 184 g/mol. The molecular formula is C13H16N2. The van der Waals surface area contributed by atoms with Crippen LogP contribution in [0.3, 0.4) is 0 Å². The molecule has 1 aromatic rings. The second kappa shape index (κ2) is 3.46. The monoisotopic (exact) mass is 200 g/mol. The van der Waals surface area contributed by atoms with Gasteiger partial charge in [0.05, 0.1) is 0 Å². The molecule has 1 N–H and O–H groups in total. The van der Waals surface area contributed by atoms with Gasteiger partial charge in [-0.3, -0.25) is 4.98 Å². The van der Waals surface area contributed by atoms with E-state index in [1.54, 1.807) is 0 Å². The normalized spacial score (nSPS) is 29.0. The molecule has 2 atom stereocenters. The first-order chi connectivity index (χ1) is 7.34. The third-order valence-corrected chi connectivity index (χ3v) is 3.53. The van der Waals surface area contributed by atoms with Gasteiger partial charge in [0.2, 0.25) is 0 Å². The van der Waals surface area contributed by atoms with Crippen LogP contribution in [0.4, 0.5) is 0 Å². The molecule has 78 valence electrons. The standard InChI is InChI=1S/C13H16N2/c1-9-6-11(8-14-7-9)12-3-2-10-4-5-15-13(10)12/h3,6-8,10,13,15H,2,4-5H2,1H3. The van der Waals surface area contributed by atoms with Crippen molar-refractivity contribution < 1.29 is 0 Å². The van der Waals surface area contributed by atoms with E-state index in [0.29, 0.717) is 6.04 Å². The summed E-state index contributed by atoms with van der Waals surface area (Å²) in [5.74, 6) is 0.834. The van der Waals surface area contributed by atoms with Gasteiger partial charge in [0.15, 0.2) is 0 Å². The van der Waals surface area contributed by atoms with Crippen molar-refractivity contribution in [1.29, 1.82) is 0 Å². The summed E-state index contributed by atoms with van der Waals surface area (Å²) in [7, 11) is 0. The Morgan fingerprint density at radius 2 is 2.33 bits per heavy atom. The number of hydrogen-bond donors (Lipinski definition) is 1. The highest BCUT2D eigenvalue weighted by Gasteiger charge is 2.33. The molecule has 1 aliphatic heterocycles. The van der Waals surface area contributed by atoms with E-state index in [0.717, 1.165) is 5.92 Å². The summed E-state index contributed by atoms with van der Waals surface area (Å²) in [5, 5.41) is 3.59. The van der Waals surface area contributed by atoms with Crippen LogP contribution in [0.5, 0.6) is 0 Å². The quantitative estimate of drug-likeness (QED) is 0.751. The molecule has 1 fully saturated rings. The zero-order valence-electron chi connectivity index (χ0n) is 9.03. The second-order valence-corrected chi connectivity index (χ2v) is 4.63. The fourth-order valence-corrected chi connectivity index (χ4v) is 2.79. The molecule has 2 heterocycles. The van der Waals surface area contributed by atoms with Crippen LogP contribution in [0, 0.1) is 12.8 Å². The first-order valence-corrected chi connectivity index (χ1v) is 5.70. The minimum Gasteiger partial charge on any atom is -0.310 e. The van der Waals surface area contributed by atoms with Crippen LogP contribution in [0.2, 0.25) is 0 Å². The lowest BCUT2D eigenvalue weighted by Gasteiger charge is -2.15. The summed E-state index contributed by atoms with van der Waals surface area (Å²) >= 11 is 0. The SMILES string of the molecule is Cc1cncc(C2=CCC3CCNC23)c1. The van der Waals surface area contributed by atoms with Gasteiger partial charge in [-0.1, -0.05) is 6.08 Å². The van der Waals surface area contributed by atoms with E-state index in [1.165, 1.54) is 36.1 Å².